The van der Waals surface area contributed by atoms with Crippen LogP contribution in [0.1, 0.15) is 18.1 Å². The molecule has 0 aliphatic carbocycles. The normalized spacial score (nSPS) is 10.5. The fourth-order valence-corrected chi connectivity index (χ4v) is 2.09. The summed E-state index contributed by atoms with van der Waals surface area (Å²) in [6.07, 6.45) is 0.993. The fraction of sp³-hybridized carbons (Fsp3) is 0.200. The third-order valence-electron chi connectivity index (χ3n) is 2.92. The van der Waals surface area contributed by atoms with Crippen LogP contribution in [0.5, 0.6) is 0 Å². The van der Waals surface area contributed by atoms with Crippen LogP contribution in [0.25, 0.3) is 0 Å². The average Bonchev–Trinajstić information content (AvgIpc) is 2.42. The van der Waals surface area contributed by atoms with Crippen molar-refractivity contribution in [2.24, 2.45) is 0 Å². The van der Waals surface area contributed by atoms with Crippen molar-refractivity contribution in [3.8, 4) is 0 Å². The lowest BCUT2D eigenvalue weighted by atomic mass is 10.1. The number of aryl methyl sites for hydroxylation is 1. The van der Waals surface area contributed by atoms with Crippen LogP contribution < -0.4 is 5.32 Å². The average molecular weight is 326 g/mol. The zero-order chi connectivity index (χ0) is 13.8. The second-order valence-corrected chi connectivity index (χ2v) is 5.12. The van der Waals surface area contributed by atoms with Crippen LogP contribution in [0, 0.1) is 11.6 Å². The molecule has 0 radical (unpaired) electrons. The lowest BCUT2D eigenvalue weighted by molar-refractivity contribution is 0.580. The van der Waals surface area contributed by atoms with E-state index in [4.69, 9.17) is 0 Å². The van der Waals surface area contributed by atoms with Crippen molar-refractivity contribution in [1.29, 1.82) is 0 Å². The van der Waals surface area contributed by atoms with Gasteiger partial charge in [0.2, 0.25) is 0 Å². The van der Waals surface area contributed by atoms with Crippen molar-refractivity contribution >= 4 is 21.6 Å². The van der Waals surface area contributed by atoms with Crippen LogP contribution in [0.4, 0.5) is 14.5 Å². The molecule has 0 amide bonds. The zero-order valence-electron chi connectivity index (χ0n) is 10.5. The predicted octanol–water partition coefficient (Wildman–Crippen LogP) is 4.90. The van der Waals surface area contributed by atoms with Gasteiger partial charge in [-0.05, 0) is 39.5 Å². The van der Waals surface area contributed by atoms with Crippen molar-refractivity contribution in [3.63, 3.8) is 0 Å². The molecule has 0 saturated carbocycles. The van der Waals surface area contributed by atoms with Crippen LogP contribution >= 0.6 is 15.9 Å². The quantitative estimate of drug-likeness (QED) is 0.788. The number of rotatable bonds is 4. The molecular formula is C15H14BrF2N. The van der Waals surface area contributed by atoms with E-state index in [0.29, 0.717) is 6.54 Å². The first-order valence-electron chi connectivity index (χ1n) is 6.06. The Balaban J connectivity index is 2.07. The molecule has 0 atom stereocenters. The summed E-state index contributed by atoms with van der Waals surface area (Å²) in [6.45, 7) is 2.59. The van der Waals surface area contributed by atoms with Crippen molar-refractivity contribution in [2.45, 2.75) is 19.9 Å². The summed E-state index contributed by atoms with van der Waals surface area (Å²) >= 11 is 3.04. The molecule has 0 spiro atoms. The first kappa shape index (κ1) is 14.0. The summed E-state index contributed by atoms with van der Waals surface area (Å²) in [7, 11) is 0. The maximum Gasteiger partial charge on any atom is 0.149 e. The first-order valence-corrected chi connectivity index (χ1v) is 6.85. The number of hydrogen-bond acceptors (Lipinski definition) is 1. The van der Waals surface area contributed by atoms with Gasteiger partial charge in [-0.1, -0.05) is 31.2 Å². The molecule has 2 rings (SSSR count). The van der Waals surface area contributed by atoms with Gasteiger partial charge in [-0.15, -0.1) is 0 Å². The molecule has 0 aliphatic heterocycles. The molecule has 0 heterocycles. The summed E-state index contributed by atoms with van der Waals surface area (Å²) in [4.78, 5) is 0. The van der Waals surface area contributed by atoms with E-state index in [2.05, 4.69) is 28.2 Å². The summed E-state index contributed by atoms with van der Waals surface area (Å²) in [5.41, 5.74) is 2.60. The number of hydrogen-bond donors (Lipinski definition) is 1. The maximum atomic E-state index is 13.5. The van der Waals surface area contributed by atoms with Crippen LogP contribution in [-0.2, 0) is 13.0 Å². The van der Waals surface area contributed by atoms with Gasteiger partial charge in [0, 0.05) is 12.6 Å². The van der Waals surface area contributed by atoms with Gasteiger partial charge in [0.25, 0.3) is 0 Å². The molecule has 2 aromatic rings. The van der Waals surface area contributed by atoms with E-state index >= 15 is 0 Å². The van der Waals surface area contributed by atoms with Gasteiger partial charge in [-0.2, -0.15) is 0 Å². The molecule has 0 fully saturated rings. The minimum atomic E-state index is -0.602. The van der Waals surface area contributed by atoms with E-state index in [1.165, 1.54) is 11.6 Å². The summed E-state index contributed by atoms with van der Waals surface area (Å²) in [5, 5.41) is 2.96. The van der Waals surface area contributed by atoms with Crippen LogP contribution in [0.2, 0.25) is 0 Å². The van der Waals surface area contributed by atoms with E-state index in [0.717, 1.165) is 18.1 Å². The Kier molecular flexibility index (Phi) is 4.53. The lowest BCUT2D eigenvalue weighted by Gasteiger charge is -2.09. The monoisotopic (exact) mass is 325 g/mol. The van der Waals surface area contributed by atoms with Gasteiger partial charge in [0.1, 0.15) is 11.6 Å². The molecule has 0 aliphatic rings. The largest absolute Gasteiger partial charge is 0.379 e. The highest BCUT2D eigenvalue weighted by molar-refractivity contribution is 9.10. The minimum Gasteiger partial charge on any atom is -0.379 e. The van der Waals surface area contributed by atoms with Crippen LogP contribution in [0.15, 0.2) is 40.9 Å². The molecule has 100 valence electrons. The molecule has 1 N–H and O–H groups in total. The van der Waals surface area contributed by atoms with E-state index in [9.17, 15) is 8.78 Å². The summed E-state index contributed by atoms with van der Waals surface area (Å²) < 4.78 is 26.9. The Morgan fingerprint density at radius 1 is 1.00 bits per heavy atom. The molecule has 4 heteroatoms. The van der Waals surface area contributed by atoms with Crippen LogP contribution in [-0.4, -0.2) is 0 Å². The van der Waals surface area contributed by atoms with Gasteiger partial charge in [-0.25, -0.2) is 8.78 Å². The molecule has 0 saturated heterocycles. The highest BCUT2D eigenvalue weighted by atomic mass is 79.9. The SMILES string of the molecule is CCc1ccc(CNc2cc(Br)c(F)cc2F)cc1. The van der Waals surface area contributed by atoms with Crippen molar-refractivity contribution in [3.05, 3.63) is 63.6 Å². The number of benzene rings is 2. The Morgan fingerprint density at radius 2 is 1.63 bits per heavy atom. The second-order valence-electron chi connectivity index (χ2n) is 4.27. The van der Waals surface area contributed by atoms with E-state index in [1.807, 2.05) is 24.3 Å². The first-order chi connectivity index (χ1) is 9.10. The fourth-order valence-electron chi connectivity index (χ4n) is 1.75. The van der Waals surface area contributed by atoms with E-state index in [-0.39, 0.29) is 10.2 Å². The van der Waals surface area contributed by atoms with Crippen LogP contribution in [0.3, 0.4) is 0 Å². The molecule has 19 heavy (non-hydrogen) atoms. The second kappa shape index (κ2) is 6.15. The van der Waals surface area contributed by atoms with Gasteiger partial charge >= 0.3 is 0 Å². The number of anilines is 1. The van der Waals surface area contributed by atoms with Crippen molar-refractivity contribution in [1.82, 2.24) is 0 Å². The Hall–Kier alpha value is -1.42. The highest BCUT2D eigenvalue weighted by Crippen LogP contribution is 2.24. The third kappa shape index (κ3) is 3.53. The molecule has 0 unspecified atom stereocenters. The molecule has 1 nitrogen and oxygen atoms in total. The standard InChI is InChI=1S/C15H14BrF2N/c1-2-10-3-5-11(6-4-10)9-19-15-7-12(16)13(17)8-14(15)18/h3-8,19H,2,9H2,1H3. The predicted molar refractivity (Wildman–Crippen MR) is 77.2 cm³/mol. The number of halogens is 3. The lowest BCUT2D eigenvalue weighted by Crippen LogP contribution is -2.02. The highest BCUT2D eigenvalue weighted by Gasteiger charge is 2.07. The molecule has 2 aromatic carbocycles. The Bertz CT molecular complexity index is 567. The number of nitrogens with one attached hydrogen (secondary N) is 1. The topological polar surface area (TPSA) is 12.0 Å². The maximum absolute atomic E-state index is 13.5. The molecule has 0 aromatic heterocycles. The summed E-state index contributed by atoms with van der Waals surface area (Å²) in [6, 6.07) is 10.4. The minimum absolute atomic E-state index is 0.248. The summed E-state index contributed by atoms with van der Waals surface area (Å²) in [5.74, 6) is -1.19. The zero-order valence-corrected chi connectivity index (χ0v) is 12.1. The molecular weight excluding hydrogens is 312 g/mol. The Labute approximate surface area is 119 Å². The Morgan fingerprint density at radius 3 is 2.26 bits per heavy atom. The van der Waals surface area contributed by atoms with Gasteiger partial charge in [0.15, 0.2) is 0 Å². The van der Waals surface area contributed by atoms with Gasteiger partial charge in [0.05, 0.1) is 10.2 Å². The third-order valence-corrected chi connectivity index (χ3v) is 3.53. The van der Waals surface area contributed by atoms with E-state index in [1.54, 1.807) is 0 Å². The van der Waals surface area contributed by atoms with Crippen molar-refractivity contribution < 1.29 is 8.78 Å². The van der Waals surface area contributed by atoms with Crippen molar-refractivity contribution in [2.75, 3.05) is 5.32 Å². The smallest absolute Gasteiger partial charge is 0.149 e. The van der Waals surface area contributed by atoms with E-state index < -0.39 is 11.6 Å². The van der Waals surface area contributed by atoms with Gasteiger partial charge < -0.3 is 5.32 Å². The van der Waals surface area contributed by atoms with Gasteiger partial charge in [-0.3, -0.25) is 0 Å². The molecule has 0 bridgehead atoms.